The summed E-state index contributed by atoms with van der Waals surface area (Å²) in [6.07, 6.45) is 3.40. The maximum Gasteiger partial charge on any atom is 0.0895 e. The van der Waals surface area contributed by atoms with Crippen molar-refractivity contribution in [3.05, 3.63) is 0 Å². The smallest absolute Gasteiger partial charge is 0.0895 e. The number of aliphatic hydroxyl groups excluding tert-OH is 1. The molecule has 0 bridgehead atoms. The van der Waals surface area contributed by atoms with Gasteiger partial charge in [-0.25, -0.2) is 0 Å². The molecule has 1 fully saturated rings. The van der Waals surface area contributed by atoms with Crippen molar-refractivity contribution in [2.45, 2.75) is 25.4 Å². The summed E-state index contributed by atoms with van der Waals surface area (Å²) in [7, 11) is 0. The molecule has 66 valence electrons. The first kappa shape index (κ1) is 8.97. The fourth-order valence-electron chi connectivity index (χ4n) is 0.944. The zero-order valence-corrected chi connectivity index (χ0v) is 6.83. The van der Waals surface area contributed by atoms with Gasteiger partial charge >= 0.3 is 0 Å². The van der Waals surface area contributed by atoms with Gasteiger partial charge in [-0.1, -0.05) is 12.8 Å². The molecule has 1 aliphatic carbocycles. The van der Waals surface area contributed by atoms with Gasteiger partial charge in [0.1, 0.15) is 0 Å². The molecular formula is C8H17NO2. The lowest BCUT2D eigenvalue weighted by molar-refractivity contribution is 0.0388. The maximum atomic E-state index is 8.99. The lowest BCUT2D eigenvalue weighted by Crippen LogP contribution is -2.25. The molecule has 0 saturated heterocycles. The van der Waals surface area contributed by atoms with Crippen molar-refractivity contribution in [2.24, 2.45) is 11.7 Å². The first-order valence-corrected chi connectivity index (χ1v) is 4.29. The van der Waals surface area contributed by atoms with Gasteiger partial charge < -0.3 is 15.6 Å². The van der Waals surface area contributed by atoms with E-state index < -0.39 is 6.10 Å². The third kappa shape index (κ3) is 4.35. The normalized spacial score (nSPS) is 20.2. The molecule has 0 radical (unpaired) electrons. The fraction of sp³-hybridized carbons (Fsp3) is 1.00. The number of hydrogen-bond donors (Lipinski definition) is 2. The molecular weight excluding hydrogens is 142 g/mol. The Morgan fingerprint density at radius 3 is 2.82 bits per heavy atom. The van der Waals surface area contributed by atoms with Crippen LogP contribution in [0.3, 0.4) is 0 Å². The van der Waals surface area contributed by atoms with Crippen LogP contribution in [-0.2, 0) is 4.74 Å². The first-order chi connectivity index (χ1) is 5.33. The Morgan fingerprint density at radius 2 is 2.27 bits per heavy atom. The lowest BCUT2D eigenvalue weighted by atomic mass is 10.3. The van der Waals surface area contributed by atoms with Crippen LogP contribution in [0.2, 0.25) is 0 Å². The van der Waals surface area contributed by atoms with E-state index in [9.17, 15) is 0 Å². The Balaban J connectivity index is 1.79. The van der Waals surface area contributed by atoms with E-state index in [2.05, 4.69) is 0 Å². The molecule has 3 nitrogen and oxygen atoms in total. The molecule has 11 heavy (non-hydrogen) atoms. The molecule has 1 rings (SSSR count). The second-order valence-corrected chi connectivity index (χ2v) is 3.20. The minimum atomic E-state index is -0.478. The van der Waals surface area contributed by atoms with Gasteiger partial charge in [0.25, 0.3) is 0 Å². The number of rotatable bonds is 6. The number of ether oxygens (including phenoxy) is 1. The largest absolute Gasteiger partial charge is 0.389 e. The van der Waals surface area contributed by atoms with Crippen LogP contribution in [0.4, 0.5) is 0 Å². The van der Waals surface area contributed by atoms with E-state index in [1.807, 2.05) is 0 Å². The Kier molecular flexibility index (Phi) is 3.83. The van der Waals surface area contributed by atoms with E-state index >= 15 is 0 Å². The molecule has 1 saturated carbocycles. The molecule has 0 amide bonds. The Labute approximate surface area is 67.5 Å². The van der Waals surface area contributed by atoms with Crippen molar-refractivity contribution < 1.29 is 9.84 Å². The molecule has 1 atom stereocenters. The minimum absolute atomic E-state index is 0.295. The van der Waals surface area contributed by atoms with Crippen LogP contribution in [0.25, 0.3) is 0 Å². The van der Waals surface area contributed by atoms with Crippen LogP contribution >= 0.6 is 0 Å². The van der Waals surface area contributed by atoms with Gasteiger partial charge in [-0.05, 0) is 12.3 Å². The van der Waals surface area contributed by atoms with E-state index in [1.54, 1.807) is 0 Å². The first-order valence-electron chi connectivity index (χ1n) is 4.29. The summed E-state index contributed by atoms with van der Waals surface area (Å²) in [6.45, 7) is 1.47. The SMILES string of the molecule is NCC(O)COCCC1CC1. The molecule has 3 N–H and O–H groups in total. The van der Waals surface area contributed by atoms with Crippen molar-refractivity contribution in [2.75, 3.05) is 19.8 Å². The molecule has 0 aromatic rings. The second kappa shape index (κ2) is 4.70. The van der Waals surface area contributed by atoms with Crippen LogP contribution in [0.5, 0.6) is 0 Å². The molecule has 1 aliphatic rings. The zero-order chi connectivity index (χ0) is 8.10. The van der Waals surface area contributed by atoms with Crippen molar-refractivity contribution in [3.63, 3.8) is 0 Å². The summed E-state index contributed by atoms with van der Waals surface area (Å²) >= 11 is 0. The van der Waals surface area contributed by atoms with Gasteiger partial charge in [-0.15, -0.1) is 0 Å². The summed E-state index contributed by atoms with van der Waals surface area (Å²) in [4.78, 5) is 0. The third-order valence-corrected chi connectivity index (χ3v) is 1.95. The van der Waals surface area contributed by atoms with Crippen molar-refractivity contribution >= 4 is 0 Å². The minimum Gasteiger partial charge on any atom is -0.389 e. The van der Waals surface area contributed by atoms with Gasteiger partial charge in [-0.3, -0.25) is 0 Å². The highest BCUT2D eigenvalue weighted by Crippen LogP contribution is 2.31. The van der Waals surface area contributed by atoms with Gasteiger partial charge in [0.2, 0.25) is 0 Å². The van der Waals surface area contributed by atoms with E-state index in [0.29, 0.717) is 13.2 Å². The average molecular weight is 159 g/mol. The van der Waals surface area contributed by atoms with Crippen LogP contribution in [0, 0.1) is 5.92 Å². The predicted octanol–water partition coefficient (Wildman–Crippen LogP) is 0.123. The summed E-state index contributed by atoms with van der Waals surface area (Å²) in [5.74, 6) is 0.907. The molecule has 0 aliphatic heterocycles. The highest BCUT2D eigenvalue weighted by atomic mass is 16.5. The quantitative estimate of drug-likeness (QED) is 0.541. The molecule has 0 aromatic carbocycles. The van der Waals surface area contributed by atoms with Gasteiger partial charge in [-0.2, -0.15) is 0 Å². The topological polar surface area (TPSA) is 55.5 Å². The van der Waals surface area contributed by atoms with Crippen molar-refractivity contribution in [3.8, 4) is 0 Å². The third-order valence-electron chi connectivity index (χ3n) is 1.95. The van der Waals surface area contributed by atoms with Crippen LogP contribution in [0.15, 0.2) is 0 Å². The summed E-state index contributed by atoms with van der Waals surface area (Å²) in [6, 6.07) is 0. The van der Waals surface area contributed by atoms with Crippen molar-refractivity contribution in [1.82, 2.24) is 0 Å². The highest BCUT2D eigenvalue weighted by Gasteiger charge is 2.20. The van der Waals surface area contributed by atoms with Gasteiger partial charge in [0, 0.05) is 13.2 Å². The molecule has 3 heteroatoms. The summed E-state index contributed by atoms with van der Waals surface area (Å²) in [5, 5.41) is 8.99. The molecule has 1 unspecified atom stereocenters. The second-order valence-electron chi connectivity index (χ2n) is 3.20. The highest BCUT2D eigenvalue weighted by molar-refractivity contribution is 4.72. The fourth-order valence-corrected chi connectivity index (χ4v) is 0.944. The summed E-state index contributed by atoms with van der Waals surface area (Å²) in [5.41, 5.74) is 5.20. The number of hydrogen-bond acceptors (Lipinski definition) is 3. The summed E-state index contributed by atoms with van der Waals surface area (Å²) < 4.78 is 5.21. The van der Waals surface area contributed by atoms with E-state index in [1.165, 1.54) is 12.8 Å². The molecule has 0 spiro atoms. The Morgan fingerprint density at radius 1 is 1.55 bits per heavy atom. The standard InChI is InChI=1S/C8H17NO2/c9-5-8(10)6-11-4-3-7-1-2-7/h7-8,10H,1-6,9H2. The number of nitrogens with two attached hydrogens (primary N) is 1. The van der Waals surface area contributed by atoms with Gasteiger partial charge in [0.15, 0.2) is 0 Å². The Hall–Kier alpha value is -0.120. The van der Waals surface area contributed by atoms with Crippen LogP contribution in [0.1, 0.15) is 19.3 Å². The molecule has 0 heterocycles. The zero-order valence-electron chi connectivity index (χ0n) is 6.83. The van der Waals surface area contributed by atoms with Crippen molar-refractivity contribution in [1.29, 1.82) is 0 Å². The lowest BCUT2D eigenvalue weighted by Gasteiger charge is -2.07. The van der Waals surface area contributed by atoms with E-state index in [4.69, 9.17) is 15.6 Å². The average Bonchev–Trinajstić information content (AvgIpc) is 2.81. The van der Waals surface area contributed by atoms with E-state index in [-0.39, 0.29) is 0 Å². The monoisotopic (exact) mass is 159 g/mol. The van der Waals surface area contributed by atoms with Crippen LogP contribution in [-0.4, -0.2) is 31.0 Å². The van der Waals surface area contributed by atoms with E-state index in [0.717, 1.165) is 18.9 Å². The maximum absolute atomic E-state index is 8.99. The predicted molar refractivity (Wildman–Crippen MR) is 43.2 cm³/mol. The van der Waals surface area contributed by atoms with Crippen LogP contribution < -0.4 is 5.73 Å². The Bertz CT molecular complexity index is 104. The van der Waals surface area contributed by atoms with Gasteiger partial charge in [0.05, 0.1) is 12.7 Å². The number of aliphatic hydroxyl groups is 1. The molecule has 0 aromatic heterocycles.